The number of halogens is 3. The van der Waals surface area contributed by atoms with Gasteiger partial charge in [-0.15, -0.1) is 0 Å². The molecule has 1 aliphatic heterocycles. The Morgan fingerprint density at radius 3 is 2.39 bits per heavy atom. The van der Waals surface area contributed by atoms with Crippen LogP contribution in [0.5, 0.6) is 5.75 Å². The molecular formula is C25H27F3N4O5S. The van der Waals surface area contributed by atoms with Gasteiger partial charge in [0.2, 0.25) is 0 Å². The molecule has 204 valence electrons. The van der Waals surface area contributed by atoms with Gasteiger partial charge in [0.25, 0.3) is 11.8 Å². The number of carbonyl (C=O) groups is 2. The number of sulfone groups is 1. The summed E-state index contributed by atoms with van der Waals surface area (Å²) in [5.74, 6) is -1.64. The van der Waals surface area contributed by atoms with Gasteiger partial charge in [0, 0.05) is 18.7 Å². The number of nitrogens with one attached hydrogen (secondary N) is 2. The third-order valence-corrected chi connectivity index (χ3v) is 8.01. The lowest BCUT2D eigenvalue weighted by molar-refractivity contribution is -0.153. The molecule has 38 heavy (non-hydrogen) atoms. The number of amides is 2. The van der Waals surface area contributed by atoms with Crippen LogP contribution >= 0.6 is 0 Å². The molecule has 1 fully saturated rings. The van der Waals surface area contributed by atoms with Crippen molar-refractivity contribution in [2.45, 2.75) is 38.4 Å². The maximum absolute atomic E-state index is 13.3. The van der Waals surface area contributed by atoms with Crippen LogP contribution in [0.25, 0.3) is 11.0 Å². The monoisotopic (exact) mass is 552 g/mol. The number of nitrogens with zero attached hydrogens (tertiary/aromatic N) is 2. The van der Waals surface area contributed by atoms with Crippen molar-refractivity contribution in [2.24, 2.45) is 7.05 Å². The number of pyridine rings is 1. The van der Waals surface area contributed by atoms with Gasteiger partial charge in [-0.3, -0.25) is 9.59 Å². The number of hydrogen-bond acceptors (Lipinski definition) is 6. The molecule has 0 bridgehead atoms. The molecule has 13 heteroatoms. The number of ether oxygens (including phenoxy) is 1. The number of benzene rings is 1. The van der Waals surface area contributed by atoms with E-state index >= 15 is 0 Å². The van der Waals surface area contributed by atoms with E-state index in [1.54, 1.807) is 37.3 Å². The first kappa shape index (κ1) is 27.4. The molecule has 1 saturated heterocycles. The average Bonchev–Trinajstić information content (AvgIpc) is 3.14. The Kier molecular flexibility index (Phi) is 7.68. The Labute approximate surface area is 217 Å². The fourth-order valence-corrected chi connectivity index (χ4v) is 5.85. The largest absolute Gasteiger partial charge is 0.481 e. The molecule has 0 radical (unpaired) electrons. The van der Waals surface area contributed by atoms with Crippen molar-refractivity contribution in [2.75, 3.05) is 23.4 Å². The van der Waals surface area contributed by atoms with E-state index in [0.717, 1.165) is 0 Å². The summed E-state index contributed by atoms with van der Waals surface area (Å²) in [6.07, 6.45) is -3.88. The quantitative estimate of drug-likeness (QED) is 0.462. The van der Waals surface area contributed by atoms with E-state index < -0.39 is 40.5 Å². The molecule has 3 heterocycles. The highest BCUT2D eigenvalue weighted by atomic mass is 32.2. The Hall–Kier alpha value is -3.61. The molecule has 0 saturated carbocycles. The van der Waals surface area contributed by atoms with Crippen molar-refractivity contribution in [1.29, 1.82) is 0 Å². The number of rotatable bonds is 7. The van der Waals surface area contributed by atoms with E-state index in [1.165, 1.54) is 17.7 Å². The highest BCUT2D eigenvalue weighted by Crippen LogP contribution is 2.36. The van der Waals surface area contributed by atoms with Crippen LogP contribution in [0.1, 0.15) is 46.3 Å². The van der Waals surface area contributed by atoms with Crippen molar-refractivity contribution >= 4 is 38.4 Å². The van der Waals surface area contributed by atoms with Crippen LogP contribution in [0.15, 0.2) is 36.4 Å². The molecular weight excluding hydrogens is 525 g/mol. The zero-order valence-electron chi connectivity index (χ0n) is 20.8. The van der Waals surface area contributed by atoms with E-state index in [-0.39, 0.29) is 52.5 Å². The summed E-state index contributed by atoms with van der Waals surface area (Å²) in [6, 6.07) is 9.39. The summed E-state index contributed by atoms with van der Waals surface area (Å²) in [5, 5.41) is 5.60. The Morgan fingerprint density at radius 2 is 1.79 bits per heavy atom. The van der Waals surface area contributed by atoms with Crippen molar-refractivity contribution in [3.05, 3.63) is 53.3 Å². The number of aryl methyl sites for hydroxylation is 2. The molecule has 1 aromatic carbocycles. The maximum atomic E-state index is 13.3. The van der Waals surface area contributed by atoms with E-state index in [1.807, 2.05) is 0 Å². The highest BCUT2D eigenvalue weighted by Gasteiger charge is 2.33. The van der Waals surface area contributed by atoms with Crippen LogP contribution in [0.2, 0.25) is 0 Å². The molecule has 4 rings (SSSR count). The molecule has 0 unspecified atom stereocenters. The third kappa shape index (κ3) is 6.09. The van der Waals surface area contributed by atoms with Gasteiger partial charge in [0.05, 0.1) is 28.3 Å². The number of alkyl halides is 3. The number of hydrogen-bond donors (Lipinski definition) is 2. The SMILES string of the molecule is CCc1nc2c(cc1NC(=O)c1ccccc1)c(OCC(F)(F)F)c(C(=O)NC1CCS(=O)(=O)CC1)n2C. The number of anilines is 1. The first-order valence-electron chi connectivity index (χ1n) is 12.0. The van der Waals surface area contributed by atoms with Crippen LogP contribution in [0.4, 0.5) is 18.9 Å². The number of fused-ring (bicyclic) bond motifs is 1. The van der Waals surface area contributed by atoms with Crippen LogP contribution < -0.4 is 15.4 Å². The van der Waals surface area contributed by atoms with Gasteiger partial charge in [0.15, 0.2) is 18.1 Å². The fraction of sp³-hybridized carbons (Fsp3) is 0.400. The third-order valence-electron chi connectivity index (χ3n) is 6.30. The first-order chi connectivity index (χ1) is 17.9. The second-order valence-electron chi connectivity index (χ2n) is 9.07. The molecule has 0 aliphatic carbocycles. The van der Waals surface area contributed by atoms with Crippen LogP contribution in [0, 0.1) is 0 Å². The van der Waals surface area contributed by atoms with Crippen LogP contribution in [0.3, 0.4) is 0 Å². The van der Waals surface area contributed by atoms with Gasteiger partial charge < -0.3 is 19.9 Å². The average molecular weight is 553 g/mol. The summed E-state index contributed by atoms with van der Waals surface area (Å²) in [5.41, 5.74) is 1.15. The fourth-order valence-electron chi connectivity index (χ4n) is 4.35. The Morgan fingerprint density at radius 1 is 1.13 bits per heavy atom. The van der Waals surface area contributed by atoms with Gasteiger partial charge in [0.1, 0.15) is 15.5 Å². The number of aromatic nitrogens is 2. The van der Waals surface area contributed by atoms with Gasteiger partial charge >= 0.3 is 6.18 Å². The summed E-state index contributed by atoms with van der Waals surface area (Å²) in [4.78, 5) is 30.6. The smallest absolute Gasteiger partial charge is 0.422 e. The van der Waals surface area contributed by atoms with Gasteiger partial charge in [-0.25, -0.2) is 13.4 Å². The highest BCUT2D eigenvalue weighted by molar-refractivity contribution is 7.91. The minimum atomic E-state index is -4.67. The lowest BCUT2D eigenvalue weighted by Crippen LogP contribution is -2.41. The lowest BCUT2D eigenvalue weighted by Gasteiger charge is -2.23. The van der Waals surface area contributed by atoms with Gasteiger partial charge in [-0.1, -0.05) is 25.1 Å². The number of carbonyl (C=O) groups excluding carboxylic acids is 2. The summed E-state index contributed by atoms with van der Waals surface area (Å²) >= 11 is 0. The minimum Gasteiger partial charge on any atom is -0.481 e. The second kappa shape index (κ2) is 10.6. The molecule has 0 spiro atoms. The topological polar surface area (TPSA) is 119 Å². The molecule has 2 amide bonds. The van der Waals surface area contributed by atoms with Crippen molar-refractivity contribution < 1.29 is 35.9 Å². The Balaban J connectivity index is 1.75. The summed E-state index contributed by atoms with van der Waals surface area (Å²) < 4.78 is 69.3. The van der Waals surface area contributed by atoms with Gasteiger partial charge in [-0.05, 0) is 37.5 Å². The molecule has 2 N–H and O–H groups in total. The second-order valence-corrected chi connectivity index (χ2v) is 11.4. The van der Waals surface area contributed by atoms with E-state index in [9.17, 15) is 31.2 Å². The van der Waals surface area contributed by atoms with E-state index in [2.05, 4.69) is 15.6 Å². The summed E-state index contributed by atoms with van der Waals surface area (Å²) in [7, 11) is -1.69. The van der Waals surface area contributed by atoms with Crippen LogP contribution in [-0.4, -0.2) is 60.1 Å². The standard InChI is InChI=1S/C25H27F3N4O5S/c1-3-18-19(31-23(33)15-7-5-4-6-8-15)13-17-21(37-14-25(26,27)28)20(32(2)22(17)30-18)24(34)29-16-9-11-38(35,36)12-10-16/h4-8,13,16H,3,9-12,14H2,1-2H3,(H,29,34)(H,31,33). The zero-order valence-corrected chi connectivity index (χ0v) is 21.6. The maximum Gasteiger partial charge on any atom is 0.422 e. The predicted molar refractivity (Wildman–Crippen MR) is 135 cm³/mol. The first-order valence-corrected chi connectivity index (χ1v) is 13.8. The van der Waals surface area contributed by atoms with E-state index in [4.69, 9.17) is 4.74 Å². The zero-order chi connectivity index (χ0) is 27.7. The van der Waals surface area contributed by atoms with E-state index in [0.29, 0.717) is 17.7 Å². The molecule has 1 aliphatic rings. The molecule has 2 aromatic heterocycles. The predicted octanol–water partition coefficient (Wildman–Crippen LogP) is 3.64. The van der Waals surface area contributed by atoms with Crippen molar-refractivity contribution in [3.63, 3.8) is 0 Å². The van der Waals surface area contributed by atoms with Crippen LogP contribution in [-0.2, 0) is 23.3 Å². The summed E-state index contributed by atoms with van der Waals surface area (Å²) in [6.45, 7) is 0.163. The Bertz CT molecular complexity index is 1460. The normalized spacial score (nSPS) is 15.8. The molecule has 9 nitrogen and oxygen atoms in total. The van der Waals surface area contributed by atoms with Crippen molar-refractivity contribution in [1.82, 2.24) is 14.9 Å². The molecule has 0 atom stereocenters. The van der Waals surface area contributed by atoms with Gasteiger partial charge in [-0.2, -0.15) is 13.2 Å². The molecule has 3 aromatic rings. The minimum absolute atomic E-state index is 0.0869. The van der Waals surface area contributed by atoms with Crippen molar-refractivity contribution in [3.8, 4) is 5.75 Å². The lowest BCUT2D eigenvalue weighted by atomic mass is 10.1.